The van der Waals surface area contributed by atoms with Gasteiger partial charge in [-0.2, -0.15) is 0 Å². The van der Waals surface area contributed by atoms with Gasteiger partial charge in [-0.25, -0.2) is 4.79 Å². The Labute approximate surface area is 384 Å². The van der Waals surface area contributed by atoms with Gasteiger partial charge in [0.25, 0.3) is 0 Å². The van der Waals surface area contributed by atoms with Crippen LogP contribution in [0.1, 0.15) is 94.4 Å². The van der Waals surface area contributed by atoms with E-state index in [0.717, 1.165) is 0 Å². The van der Waals surface area contributed by atoms with Crippen LogP contribution < -0.4 is 54.4 Å². The number of carbonyl (C=O) groups excluding carboxylic acids is 8. The number of hydrogen-bond donors (Lipinski definition) is 14. The van der Waals surface area contributed by atoms with Gasteiger partial charge in [0.15, 0.2) is 5.96 Å². The molecule has 25 heteroatoms. The van der Waals surface area contributed by atoms with E-state index in [9.17, 15) is 63.6 Å². The monoisotopic (exact) mass is 943 g/mol. The third-order valence-corrected chi connectivity index (χ3v) is 10.6. The number of aliphatic hydroxyl groups is 3. The lowest BCUT2D eigenvalue weighted by molar-refractivity contribution is -0.144. The zero-order valence-electron chi connectivity index (χ0n) is 39.3. The molecule has 0 spiro atoms. The lowest BCUT2D eigenvalue weighted by atomic mass is 10.00. The normalized spacial score (nSPS) is 18.2. The summed E-state index contributed by atoms with van der Waals surface area (Å²) < 4.78 is 0. The zero-order chi connectivity index (χ0) is 50.7. The summed E-state index contributed by atoms with van der Waals surface area (Å²) in [4.78, 5) is 124. The van der Waals surface area contributed by atoms with E-state index in [1.54, 1.807) is 41.5 Å². The first-order valence-corrected chi connectivity index (χ1v) is 22.1. The maximum atomic E-state index is 14.2. The largest absolute Gasteiger partial charge is 0.480 e. The third-order valence-electron chi connectivity index (χ3n) is 10.6. The van der Waals surface area contributed by atoms with Gasteiger partial charge in [0, 0.05) is 13.1 Å². The molecular weight excluding hydrogens is 869 g/mol. The van der Waals surface area contributed by atoms with Crippen molar-refractivity contribution in [1.82, 2.24) is 42.1 Å². The number of guanidine groups is 1. The number of amides is 8. The molecule has 1 saturated heterocycles. The number of aliphatic hydroxyl groups excluding tert-OH is 3. The third kappa shape index (κ3) is 18.7. The van der Waals surface area contributed by atoms with Crippen LogP contribution >= 0.6 is 0 Å². The number of carbonyl (C=O) groups is 9. The molecule has 0 saturated carbocycles. The summed E-state index contributed by atoms with van der Waals surface area (Å²) >= 11 is 0. The van der Waals surface area contributed by atoms with Crippen molar-refractivity contribution < 1.29 is 63.6 Å². The number of nitrogens with two attached hydrogens (primary N) is 3. The second-order valence-corrected chi connectivity index (χ2v) is 17.7. The molecule has 1 fully saturated rings. The second kappa shape index (κ2) is 27.7. The number of carboxylic acid groups (broad SMARTS) is 1. The maximum absolute atomic E-state index is 14.2. The summed E-state index contributed by atoms with van der Waals surface area (Å²) in [5.74, 6) is -9.64. The SMILES string of the molecule is CC(C)C[C@H](NC(=O)[C@H](C)NC(=O)[C@@H]1CCCN1C(=O)[C@H](CCCN=C(N)N)NC(=O)[C@@H](NC(=O)[C@@H](NC(=O)[C@@H](NC(=O)[C@@H](NC(=O)[C@@H](N)CO)C(C)C)[C@@H](C)O)C(C)C)[C@@H](C)O)C(=O)O. The molecule has 0 aliphatic carbocycles. The first-order valence-electron chi connectivity index (χ1n) is 22.1. The van der Waals surface area contributed by atoms with E-state index in [2.05, 4.69) is 42.2 Å². The van der Waals surface area contributed by atoms with Gasteiger partial charge in [0.05, 0.1) is 18.8 Å². The Bertz CT molecular complexity index is 1720. The lowest BCUT2D eigenvalue weighted by Gasteiger charge is -2.32. The van der Waals surface area contributed by atoms with Crippen LogP contribution in [0.4, 0.5) is 0 Å². The van der Waals surface area contributed by atoms with Crippen LogP contribution in [0.25, 0.3) is 0 Å². The molecule has 0 aromatic heterocycles. The average Bonchev–Trinajstić information content (AvgIpc) is 3.72. The number of carboxylic acids is 1. The number of likely N-dealkylation sites (tertiary alicyclic amines) is 1. The summed E-state index contributed by atoms with van der Waals surface area (Å²) in [5.41, 5.74) is 16.5. The second-order valence-electron chi connectivity index (χ2n) is 17.7. The standard InChI is InChI=1S/C41H74N12O13/c1-18(2)16-26(40(65)66)48-32(57)21(7)46-34(59)27-13-11-15-53(27)39(64)25(12-10-14-45-41(43)44)47-37(62)30(22(8)55)51-36(61)29(20(5)6)50-38(63)31(23(9)56)52-35(60)28(19(3)4)49-33(58)24(42)17-54/h18-31,54-56H,10-17,42H2,1-9H3,(H,46,59)(H,47,62)(H,48,57)(H,49,58)(H,50,63)(H,51,61)(H,52,60)(H,65,66)(H4,43,44,45)/t21-,22+,23+,24-,25-,26-,27-,28-,29-,30-,31-/m0/s1. The first-order chi connectivity index (χ1) is 30.6. The van der Waals surface area contributed by atoms with E-state index in [1.165, 1.54) is 25.7 Å². The molecule has 0 bridgehead atoms. The number of nitrogens with zero attached hydrogens (tertiary/aromatic N) is 2. The highest BCUT2D eigenvalue weighted by Gasteiger charge is 2.41. The van der Waals surface area contributed by atoms with Crippen molar-refractivity contribution in [2.75, 3.05) is 19.7 Å². The van der Waals surface area contributed by atoms with Crippen LogP contribution in [0.15, 0.2) is 4.99 Å². The van der Waals surface area contributed by atoms with Crippen molar-refractivity contribution in [1.29, 1.82) is 0 Å². The predicted molar refractivity (Wildman–Crippen MR) is 239 cm³/mol. The Morgan fingerprint density at radius 2 is 1.11 bits per heavy atom. The lowest BCUT2D eigenvalue weighted by Crippen LogP contribution is -2.63. The molecule has 11 atom stereocenters. The molecule has 1 aliphatic rings. The molecule has 0 aromatic rings. The Kier molecular flexibility index (Phi) is 24.5. The molecule has 1 aliphatic heterocycles. The molecule has 1 rings (SSSR count). The maximum Gasteiger partial charge on any atom is 0.326 e. The van der Waals surface area contributed by atoms with Crippen LogP contribution in [-0.4, -0.2) is 171 Å². The molecule has 17 N–H and O–H groups in total. The van der Waals surface area contributed by atoms with Crippen LogP contribution in [0.5, 0.6) is 0 Å². The van der Waals surface area contributed by atoms with Crippen molar-refractivity contribution in [3.8, 4) is 0 Å². The summed E-state index contributed by atoms with van der Waals surface area (Å²) in [6.45, 7) is 13.0. The van der Waals surface area contributed by atoms with E-state index in [0.29, 0.717) is 6.42 Å². The predicted octanol–water partition coefficient (Wildman–Crippen LogP) is -5.03. The number of nitrogens with one attached hydrogen (secondary N) is 7. The van der Waals surface area contributed by atoms with Crippen molar-refractivity contribution in [2.24, 2.45) is 39.9 Å². The molecular formula is C41H74N12O13. The van der Waals surface area contributed by atoms with Gasteiger partial charge in [0.2, 0.25) is 47.3 Å². The molecule has 376 valence electrons. The fourth-order valence-electron chi connectivity index (χ4n) is 6.84. The van der Waals surface area contributed by atoms with Gasteiger partial charge < -0.3 is 79.7 Å². The highest BCUT2D eigenvalue weighted by atomic mass is 16.4. The Morgan fingerprint density at radius 1 is 0.652 bits per heavy atom. The van der Waals surface area contributed by atoms with E-state index in [1.807, 2.05) is 0 Å². The summed E-state index contributed by atoms with van der Waals surface area (Å²) in [6, 6.07) is -12.2. The molecule has 0 radical (unpaired) electrons. The molecule has 25 nitrogen and oxygen atoms in total. The zero-order valence-corrected chi connectivity index (χ0v) is 39.3. The number of aliphatic imine (C=N–C) groups is 1. The minimum Gasteiger partial charge on any atom is -0.480 e. The van der Waals surface area contributed by atoms with Gasteiger partial charge in [-0.1, -0.05) is 41.5 Å². The van der Waals surface area contributed by atoms with Gasteiger partial charge in [-0.3, -0.25) is 43.3 Å². The number of hydrogen-bond acceptors (Lipinski definition) is 14. The smallest absolute Gasteiger partial charge is 0.326 e. The van der Waals surface area contributed by atoms with Crippen molar-refractivity contribution in [2.45, 2.75) is 161 Å². The van der Waals surface area contributed by atoms with E-state index < -0.39 is 138 Å². The highest BCUT2D eigenvalue weighted by Crippen LogP contribution is 2.20. The van der Waals surface area contributed by atoms with Gasteiger partial charge in [0.1, 0.15) is 54.4 Å². The van der Waals surface area contributed by atoms with Gasteiger partial charge in [-0.05, 0) is 70.6 Å². The number of rotatable bonds is 27. The van der Waals surface area contributed by atoms with Crippen LogP contribution in [0, 0.1) is 17.8 Å². The molecule has 8 amide bonds. The van der Waals surface area contributed by atoms with Crippen molar-refractivity contribution in [3.63, 3.8) is 0 Å². The summed E-state index contributed by atoms with van der Waals surface area (Å²) in [7, 11) is 0. The van der Waals surface area contributed by atoms with E-state index in [-0.39, 0.29) is 50.7 Å². The van der Waals surface area contributed by atoms with Crippen LogP contribution in [0.3, 0.4) is 0 Å². The Morgan fingerprint density at radius 3 is 1.55 bits per heavy atom. The fourth-order valence-corrected chi connectivity index (χ4v) is 6.84. The van der Waals surface area contributed by atoms with Crippen molar-refractivity contribution in [3.05, 3.63) is 0 Å². The Hall–Kier alpha value is -5.66. The average molecular weight is 943 g/mol. The molecule has 0 aromatic carbocycles. The number of aliphatic carboxylic acids is 1. The van der Waals surface area contributed by atoms with Crippen LogP contribution in [0.2, 0.25) is 0 Å². The van der Waals surface area contributed by atoms with Gasteiger partial charge >= 0.3 is 5.97 Å². The topological polar surface area (TPSA) is 412 Å². The van der Waals surface area contributed by atoms with Crippen LogP contribution in [-0.2, 0) is 43.2 Å². The first kappa shape index (κ1) is 58.4. The minimum absolute atomic E-state index is 0.0392. The molecule has 1 heterocycles. The van der Waals surface area contributed by atoms with Crippen molar-refractivity contribution >= 4 is 59.2 Å². The van der Waals surface area contributed by atoms with Gasteiger partial charge in [-0.15, -0.1) is 0 Å². The van der Waals surface area contributed by atoms with E-state index in [4.69, 9.17) is 17.2 Å². The summed E-state index contributed by atoms with van der Waals surface area (Å²) in [5, 5.41) is 57.2. The molecule has 0 unspecified atom stereocenters. The quantitative estimate of drug-likeness (QED) is 0.0208. The summed E-state index contributed by atoms with van der Waals surface area (Å²) in [6.07, 6.45) is -2.33. The minimum atomic E-state index is -1.72. The Balaban J connectivity index is 3.31. The fraction of sp³-hybridized carbons (Fsp3) is 0.756. The van der Waals surface area contributed by atoms with E-state index >= 15 is 0 Å². The highest BCUT2D eigenvalue weighted by molar-refractivity contribution is 5.98. The molecule has 66 heavy (non-hydrogen) atoms.